The number of hydrogen-bond acceptors (Lipinski definition) is 12. The molecule has 16 rings (SSSR count). The van der Waals surface area contributed by atoms with Gasteiger partial charge in [-0.2, -0.15) is 0 Å². The molecule has 13 heterocycles. The average molecular weight is 1110 g/mol. The molecule has 0 atom stereocenters. The number of aromatic nitrogens is 1. The number of fused-ring (bicyclic) bond motifs is 5. The summed E-state index contributed by atoms with van der Waals surface area (Å²) in [7, 11) is 2.18. The first kappa shape index (κ1) is 45.0. The maximum absolute atomic E-state index is 5.80. The van der Waals surface area contributed by atoms with Gasteiger partial charge in [0.15, 0.2) is 0 Å². The van der Waals surface area contributed by atoms with Gasteiger partial charge in [-0.15, -0.1) is 113 Å². The summed E-state index contributed by atoms with van der Waals surface area (Å²) in [6.45, 7) is 4.38. The van der Waals surface area contributed by atoms with Crippen LogP contribution < -0.4 is 0 Å². The number of hydrogen-bond donors (Lipinski definition) is 0. The Hall–Kier alpha value is -5.68. The van der Waals surface area contributed by atoms with Crippen LogP contribution >= 0.6 is 113 Å². The molecule has 0 radical (unpaired) electrons. The van der Waals surface area contributed by atoms with Gasteiger partial charge in [0, 0.05) is 86.8 Å². The lowest BCUT2D eigenvalue weighted by Gasteiger charge is -2.08. The summed E-state index contributed by atoms with van der Waals surface area (Å²) in [5.74, 6) is 1.87. The van der Waals surface area contributed by atoms with Crippen molar-refractivity contribution in [1.82, 2.24) is 4.57 Å². The van der Waals surface area contributed by atoms with Crippen molar-refractivity contribution in [3.8, 4) is 70.0 Å². The summed E-state index contributed by atoms with van der Waals surface area (Å²) in [5, 5.41) is 16.5. The van der Waals surface area contributed by atoms with Crippen LogP contribution in [-0.4, -0.2) is 4.57 Å². The number of nitrogens with zero attached hydrogens (tertiary/aromatic N) is 1. The molecule has 0 aliphatic carbocycles. The van der Waals surface area contributed by atoms with Crippen molar-refractivity contribution in [1.29, 1.82) is 0 Å². The van der Waals surface area contributed by atoms with E-state index in [2.05, 4.69) is 168 Å². The third kappa shape index (κ3) is 7.59. The van der Waals surface area contributed by atoms with E-state index in [4.69, 9.17) is 8.83 Å². The summed E-state index contributed by atoms with van der Waals surface area (Å²) >= 11 is 18.5. The summed E-state index contributed by atoms with van der Waals surface area (Å²) in [5.41, 5.74) is 5.46. The third-order valence-corrected chi connectivity index (χ3v) is 24.6. The monoisotopic (exact) mass is 1110 g/mol. The zero-order valence-electron chi connectivity index (χ0n) is 38.5. The van der Waals surface area contributed by atoms with Gasteiger partial charge in [0.25, 0.3) is 0 Å². The van der Waals surface area contributed by atoms with Crippen LogP contribution in [0.4, 0.5) is 0 Å². The first-order valence-corrected chi connectivity index (χ1v) is 31.4. The minimum atomic E-state index is 0.934. The molecule has 3 nitrogen and oxygen atoms in total. The minimum absolute atomic E-state index is 0.934. The van der Waals surface area contributed by atoms with Gasteiger partial charge in [0.1, 0.15) is 11.5 Å². The molecule has 0 bridgehead atoms. The van der Waals surface area contributed by atoms with Crippen LogP contribution in [0.5, 0.6) is 0 Å². The van der Waals surface area contributed by atoms with E-state index in [9.17, 15) is 0 Å². The van der Waals surface area contributed by atoms with Gasteiger partial charge in [0.05, 0.1) is 42.7 Å². The van der Waals surface area contributed by atoms with Crippen LogP contribution in [0.2, 0.25) is 0 Å². The van der Waals surface area contributed by atoms with E-state index in [0.29, 0.717) is 0 Å². The molecule has 0 unspecified atom stereocenters. The number of furan rings is 2. The topological polar surface area (TPSA) is 31.2 Å². The molecule has 13 aromatic heterocycles. The normalized spacial score (nSPS) is 11.8. The molecule has 0 saturated heterocycles. The van der Waals surface area contributed by atoms with Crippen molar-refractivity contribution < 1.29 is 8.83 Å². The molecule has 0 spiro atoms. The lowest BCUT2D eigenvalue weighted by atomic mass is 9.94. The average Bonchev–Trinajstić information content (AvgIpc) is 4.23. The van der Waals surface area contributed by atoms with Gasteiger partial charge in [0.2, 0.25) is 0 Å². The zero-order valence-corrected chi connectivity index (χ0v) is 46.7. The molecule has 0 N–H and O–H groups in total. The number of thiophene rings is 10. The summed E-state index contributed by atoms with van der Waals surface area (Å²) < 4.78 is 19.4. The van der Waals surface area contributed by atoms with Gasteiger partial charge in [-0.25, -0.2) is 0 Å². The summed E-state index contributed by atoms with van der Waals surface area (Å²) in [6.07, 6.45) is 3.50. The van der Waals surface area contributed by atoms with Crippen molar-refractivity contribution in [2.45, 2.75) is 13.8 Å². The lowest BCUT2D eigenvalue weighted by Crippen LogP contribution is -1.83. The molecule has 72 heavy (non-hydrogen) atoms. The van der Waals surface area contributed by atoms with E-state index in [0.717, 1.165) is 11.5 Å². The van der Waals surface area contributed by atoms with Crippen LogP contribution in [0.25, 0.3) is 132 Å². The highest BCUT2D eigenvalue weighted by Crippen LogP contribution is 2.54. The van der Waals surface area contributed by atoms with Crippen molar-refractivity contribution >= 4 is 176 Å². The molecule has 3 aromatic carbocycles. The van der Waals surface area contributed by atoms with Gasteiger partial charge < -0.3 is 13.4 Å². The van der Waals surface area contributed by atoms with Gasteiger partial charge >= 0.3 is 0 Å². The number of rotatable bonds is 7. The Bertz CT molecular complexity index is 4200. The van der Waals surface area contributed by atoms with Crippen LogP contribution in [0.1, 0.15) is 11.1 Å². The fourth-order valence-corrected chi connectivity index (χ4v) is 20.6. The van der Waals surface area contributed by atoms with E-state index in [-0.39, 0.29) is 0 Å². The van der Waals surface area contributed by atoms with Crippen LogP contribution in [0, 0.1) is 13.8 Å². The van der Waals surface area contributed by atoms with E-state index >= 15 is 0 Å². The van der Waals surface area contributed by atoms with Crippen molar-refractivity contribution in [3.05, 3.63) is 179 Å². The van der Waals surface area contributed by atoms with Crippen molar-refractivity contribution in [2.75, 3.05) is 0 Å². The fourth-order valence-electron chi connectivity index (χ4n) is 9.62. The Balaban J connectivity index is 0.000000102. The highest BCUT2D eigenvalue weighted by atomic mass is 32.1. The van der Waals surface area contributed by atoms with E-state index in [1.807, 2.05) is 126 Å². The molecule has 0 aliphatic heterocycles. The Kier molecular flexibility index (Phi) is 11.5. The first-order chi connectivity index (χ1) is 35.4. The molecular formula is C59H37NO2S10. The molecule has 13 heteroatoms. The predicted molar refractivity (Wildman–Crippen MR) is 325 cm³/mol. The quantitative estimate of drug-likeness (QED) is 0.149. The van der Waals surface area contributed by atoms with Gasteiger partial charge in [-0.1, -0.05) is 36.4 Å². The van der Waals surface area contributed by atoms with Crippen molar-refractivity contribution in [3.63, 3.8) is 0 Å². The Morgan fingerprint density at radius 1 is 0.361 bits per heavy atom. The molecule has 0 fully saturated rings. The maximum Gasteiger partial charge on any atom is 0.144 e. The number of aryl methyl sites for hydroxylation is 3. The van der Waals surface area contributed by atoms with Crippen LogP contribution in [0.15, 0.2) is 176 Å². The maximum atomic E-state index is 5.80. The van der Waals surface area contributed by atoms with Crippen LogP contribution in [-0.2, 0) is 7.05 Å². The van der Waals surface area contributed by atoms with Crippen LogP contribution in [0.3, 0.4) is 0 Å². The highest BCUT2D eigenvalue weighted by molar-refractivity contribution is 7.32. The standard InChI is InChI=1S/C24H12O2S2.C18H14S4.C17H11NS4/c1-5-13-19-17(9-1)27-24(16-8-4-12-26-16)22(19)14-6-2-10-18-20(14)21(13)23(28-18)15-7-3-11-25-15;1-11-7-9-19-17(11)15-5-3-13(21-15)14-4-6-16(22-14)18-12(2)8-10-20-18;1-18-10-8-14(12-4-2-6-19-12)21-16(10)17-11(18)9-15(22-17)13-5-3-7-20-13/h1-12H;3-10H,1-2H3;2-9H,1H3. The molecular weight excluding hydrogens is 1080 g/mol. The van der Waals surface area contributed by atoms with E-state index in [1.165, 1.54) is 132 Å². The Morgan fingerprint density at radius 3 is 1.24 bits per heavy atom. The largest absolute Gasteiger partial charge is 0.463 e. The second-order valence-electron chi connectivity index (χ2n) is 17.3. The summed E-state index contributed by atoms with van der Waals surface area (Å²) in [6, 6.07) is 48.0. The molecule has 350 valence electrons. The summed E-state index contributed by atoms with van der Waals surface area (Å²) in [4.78, 5) is 16.2. The minimum Gasteiger partial charge on any atom is -0.463 e. The third-order valence-electron chi connectivity index (χ3n) is 13.0. The molecule has 0 aliphatic rings. The Morgan fingerprint density at radius 2 is 0.833 bits per heavy atom. The smallest absolute Gasteiger partial charge is 0.144 e. The predicted octanol–water partition coefficient (Wildman–Crippen LogP) is 22.8. The van der Waals surface area contributed by atoms with Crippen molar-refractivity contribution in [2.24, 2.45) is 7.05 Å². The molecule has 0 amide bonds. The first-order valence-electron chi connectivity index (χ1n) is 23.0. The second kappa shape index (κ2) is 18.4. The lowest BCUT2D eigenvalue weighted by molar-refractivity contribution is 0.584. The number of benzene rings is 3. The fraction of sp³-hybridized carbons (Fsp3) is 0.0508. The van der Waals surface area contributed by atoms with E-state index in [1.54, 1.807) is 12.5 Å². The zero-order chi connectivity index (χ0) is 48.0. The highest BCUT2D eigenvalue weighted by Gasteiger charge is 2.25. The molecule has 0 saturated carbocycles. The second-order valence-corrected chi connectivity index (χ2v) is 27.4. The van der Waals surface area contributed by atoms with Gasteiger partial charge in [-0.05, 0) is 154 Å². The molecule has 16 aromatic rings. The van der Waals surface area contributed by atoms with E-state index < -0.39 is 0 Å². The van der Waals surface area contributed by atoms with Gasteiger partial charge in [-0.3, -0.25) is 0 Å². The Labute approximate surface area is 454 Å². The SMILES string of the molecule is Cc1ccsc1-c1ccc(-c2ccc(-c3sccc3C)s2)s1.Cn1c2cc(-c3cccs3)sc2c2sc(-c3cccs3)cc21.c1coc(-c2sc3cccc4c5c(-c6ccco6)sc6cccc(c2c34)c65)c1.